The Hall–Kier alpha value is -0.210. The normalized spacial score (nSPS) is 11.4. The van der Waals surface area contributed by atoms with E-state index in [1.54, 1.807) is 18.2 Å². The lowest BCUT2D eigenvalue weighted by Gasteiger charge is -2.10. The van der Waals surface area contributed by atoms with Crippen molar-refractivity contribution < 1.29 is 8.42 Å². The molecule has 0 aliphatic heterocycles. The molecule has 0 aliphatic rings. The van der Waals surface area contributed by atoms with Crippen molar-refractivity contribution in [3.63, 3.8) is 0 Å². The number of anilines is 1. The van der Waals surface area contributed by atoms with Crippen molar-refractivity contribution in [2.45, 2.75) is 4.90 Å². The number of hydrogen-bond donors (Lipinski definition) is 1. The molecule has 0 aliphatic carbocycles. The van der Waals surface area contributed by atoms with E-state index >= 15 is 0 Å². The Morgan fingerprint density at radius 1 is 0.950 bits per heavy atom. The molecule has 0 unspecified atom stereocenters. The topological polar surface area (TPSA) is 46.2 Å². The van der Waals surface area contributed by atoms with E-state index in [1.807, 2.05) is 22.6 Å². The van der Waals surface area contributed by atoms with Gasteiger partial charge < -0.3 is 0 Å². The number of hydrogen-bond acceptors (Lipinski definition) is 2. The van der Waals surface area contributed by atoms with E-state index in [0.29, 0.717) is 19.3 Å². The molecule has 0 spiro atoms. The van der Waals surface area contributed by atoms with Gasteiger partial charge in [-0.05, 0) is 59.0 Å². The van der Waals surface area contributed by atoms with E-state index in [1.165, 1.54) is 18.2 Å². The maximum atomic E-state index is 12.3. The van der Waals surface area contributed by atoms with Gasteiger partial charge in [-0.3, -0.25) is 4.72 Å². The third-order valence-electron chi connectivity index (χ3n) is 2.38. The van der Waals surface area contributed by atoms with Crippen LogP contribution in [0.1, 0.15) is 0 Å². The fraction of sp³-hybridized carbons (Fsp3) is 0. The van der Waals surface area contributed by atoms with Crippen molar-refractivity contribution >= 4 is 73.1 Å². The van der Waals surface area contributed by atoms with Crippen LogP contribution in [0.4, 0.5) is 5.69 Å². The molecule has 20 heavy (non-hydrogen) atoms. The Morgan fingerprint density at radius 2 is 1.65 bits per heavy atom. The first-order chi connectivity index (χ1) is 9.29. The standard InChI is InChI=1S/C12H7Cl3INO2S/c13-7-1-4-12(11(16)5-7)17-20(18,19)8-2-3-9(14)10(15)6-8/h1-6,17H. The molecule has 3 nitrogen and oxygen atoms in total. The second kappa shape index (κ2) is 6.27. The zero-order valence-electron chi connectivity index (χ0n) is 9.70. The van der Waals surface area contributed by atoms with Gasteiger partial charge in [-0.2, -0.15) is 0 Å². The zero-order chi connectivity index (χ0) is 14.9. The van der Waals surface area contributed by atoms with Gasteiger partial charge in [-0.15, -0.1) is 0 Å². The third kappa shape index (κ3) is 3.71. The lowest BCUT2D eigenvalue weighted by molar-refractivity contribution is 0.601. The first-order valence-corrected chi connectivity index (χ1v) is 8.92. The van der Waals surface area contributed by atoms with Gasteiger partial charge in [0.1, 0.15) is 0 Å². The van der Waals surface area contributed by atoms with Gasteiger partial charge in [-0.1, -0.05) is 34.8 Å². The molecule has 0 saturated heterocycles. The summed E-state index contributed by atoms with van der Waals surface area (Å²) >= 11 is 19.4. The van der Waals surface area contributed by atoms with Crippen LogP contribution in [0.5, 0.6) is 0 Å². The predicted molar refractivity (Wildman–Crippen MR) is 91.4 cm³/mol. The van der Waals surface area contributed by atoms with Gasteiger partial charge in [-0.25, -0.2) is 8.42 Å². The molecule has 8 heteroatoms. The predicted octanol–water partition coefficient (Wildman–Crippen LogP) is 5.05. The minimum atomic E-state index is -3.73. The van der Waals surface area contributed by atoms with Crippen LogP contribution in [0, 0.1) is 3.57 Å². The Kier molecular flexibility index (Phi) is 5.07. The highest BCUT2D eigenvalue weighted by molar-refractivity contribution is 14.1. The van der Waals surface area contributed by atoms with Crippen molar-refractivity contribution in [2.24, 2.45) is 0 Å². The molecule has 0 fully saturated rings. The lowest BCUT2D eigenvalue weighted by Crippen LogP contribution is -2.13. The van der Waals surface area contributed by atoms with Crippen LogP contribution in [-0.2, 0) is 10.0 Å². The Morgan fingerprint density at radius 3 is 2.25 bits per heavy atom. The summed E-state index contributed by atoms with van der Waals surface area (Å²) in [4.78, 5) is 0.0395. The molecule has 0 amide bonds. The van der Waals surface area contributed by atoms with E-state index in [0.717, 1.165) is 0 Å². The van der Waals surface area contributed by atoms with Gasteiger partial charge >= 0.3 is 0 Å². The van der Waals surface area contributed by atoms with E-state index in [2.05, 4.69) is 4.72 Å². The van der Waals surface area contributed by atoms with Gasteiger partial charge in [0.15, 0.2) is 0 Å². The maximum absolute atomic E-state index is 12.3. The lowest BCUT2D eigenvalue weighted by atomic mass is 10.3. The molecule has 0 saturated carbocycles. The van der Waals surface area contributed by atoms with Crippen LogP contribution in [0.25, 0.3) is 0 Å². The van der Waals surface area contributed by atoms with Crippen LogP contribution in [0.15, 0.2) is 41.3 Å². The highest BCUT2D eigenvalue weighted by atomic mass is 127. The van der Waals surface area contributed by atoms with Gasteiger partial charge in [0.05, 0.1) is 20.6 Å². The molecular weight excluding hydrogens is 455 g/mol. The molecule has 0 radical (unpaired) electrons. The molecule has 0 aromatic heterocycles. The minimum Gasteiger partial charge on any atom is -0.279 e. The summed E-state index contributed by atoms with van der Waals surface area (Å²) in [6.07, 6.45) is 0. The second-order valence-corrected chi connectivity index (χ2v) is 7.90. The second-order valence-electron chi connectivity index (χ2n) is 3.81. The van der Waals surface area contributed by atoms with E-state index < -0.39 is 10.0 Å². The minimum absolute atomic E-state index is 0.0395. The summed E-state index contributed by atoms with van der Waals surface area (Å²) < 4.78 is 27.7. The summed E-state index contributed by atoms with van der Waals surface area (Å²) in [6.45, 7) is 0. The Balaban J connectivity index is 2.38. The molecule has 2 rings (SSSR count). The maximum Gasteiger partial charge on any atom is 0.261 e. The Bertz CT molecular complexity index is 765. The van der Waals surface area contributed by atoms with E-state index in [9.17, 15) is 8.42 Å². The summed E-state index contributed by atoms with van der Waals surface area (Å²) in [5, 5.41) is 1.01. The number of sulfonamides is 1. The largest absolute Gasteiger partial charge is 0.279 e. The van der Waals surface area contributed by atoms with Gasteiger partial charge in [0, 0.05) is 8.59 Å². The SMILES string of the molecule is O=S(=O)(Nc1ccc(Cl)cc1I)c1ccc(Cl)c(Cl)c1. The zero-order valence-corrected chi connectivity index (χ0v) is 14.9. The van der Waals surface area contributed by atoms with Gasteiger partial charge in [0.25, 0.3) is 10.0 Å². The fourth-order valence-electron chi connectivity index (χ4n) is 1.42. The van der Waals surface area contributed by atoms with Gasteiger partial charge in [0.2, 0.25) is 0 Å². The summed E-state index contributed by atoms with van der Waals surface area (Å²) in [6, 6.07) is 8.99. The molecule has 2 aromatic rings. The third-order valence-corrected chi connectivity index (χ3v) is 5.61. The average Bonchev–Trinajstić information content (AvgIpc) is 2.36. The molecule has 2 aromatic carbocycles. The van der Waals surface area contributed by atoms with Crippen molar-refractivity contribution in [2.75, 3.05) is 4.72 Å². The monoisotopic (exact) mass is 461 g/mol. The van der Waals surface area contributed by atoms with Crippen LogP contribution < -0.4 is 4.72 Å². The highest BCUT2D eigenvalue weighted by Gasteiger charge is 2.17. The van der Waals surface area contributed by atoms with Crippen LogP contribution in [0.3, 0.4) is 0 Å². The van der Waals surface area contributed by atoms with E-state index in [-0.39, 0.29) is 9.92 Å². The Labute approximate surface area is 145 Å². The smallest absolute Gasteiger partial charge is 0.261 e. The number of rotatable bonds is 3. The molecule has 0 atom stereocenters. The van der Waals surface area contributed by atoms with Crippen molar-refractivity contribution in [1.82, 2.24) is 0 Å². The fourth-order valence-corrected chi connectivity index (χ4v) is 4.08. The summed E-state index contributed by atoms with van der Waals surface area (Å²) in [5.41, 5.74) is 0.445. The first-order valence-electron chi connectivity index (χ1n) is 5.22. The van der Waals surface area contributed by atoms with Crippen molar-refractivity contribution in [1.29, 1.82) is 0 Å². The quantitative estimate of drug-likeness (QED) is 0.649. The van der Waals surface area contributed by atoms with Crippen molar-refractivity contribution in [3.05, 3.63) is 55.0 Å². The van der Waals surface area contributed by atoms with Crippen molar-refractivity contribution in [3.8, 4) is 0 Å². The number of nitrogens with one attached hydrogen (secondary N) is 1. The average molecular weight is 463 g/mol. The summed E-state index contributed by atoms with van der Waals surface area (Å²) in [7, 11) is -3.73. The number of benzene rings is 2. The molecule has 1 N–H and O–H groups in total. The van der Waals surface area contributed by atoms with E-state index in [4.69, 9.17) is 34.8 Å². The van der Waals surface area contributed by atoms with Crippen LogP contribution in [0.2, 0.25) is 15.1 Å². The molecule has 0 heterocycles. The molecule has 106 valence electrons. The molecule has 0 bridgehead atoms. The highest BCUT2D eigenvalue weighted by Crippen LogP contribution is 2.28. The number of halogens is 4. The van der Waals surface area contributed by atoms with Crippen LogP contribution in [-0.4, -0.2) is 8.42 Å². The summed E-state index contributed by atoms with van der Waals surface area (Å²) in [5.74, 6) is 0. The first kappa shape index (κ1) is 16.2. The van der Waals surface area contributed by atoms with Crippen LogP contribution >= 0.6 is 57.4 Å². The molecular formula is C12H7Cl3INO2S.